The molecular formula is C13H10ClFN2O. The number of anilines is 1. The number of carbonyl (C=O) groups excluding carboxylic acids is 1. The van der Waals surface area contributed by atoms with Crippen molar-refractivity contribution in [1.29, 1.82) is 0 Å². The Hall–Kier alpha value is -1.94. The Morgan fingerprint density at radius 2 is 1.94 bits per heavy atom. The average Bonchev–Trinajstić information content (AvgIpc) is 2.32. The van der Waals surface area contributed by atoms with Crippen LogP contribution in [-0.4, -0.2) is 10.9 Å². The predicted molar refractivity (Wildman–Crippen MR) is 68.0 cm³/mol. The van der Waals surface area contributed by atoms with Crippen LogP contribution in [0.1, 0.15) is 5.69 Å². The third-order valence-corrected chi connectivity index (χ3v) is 2.45. The molecule has 0 saturated heterocycles. The summed E-state index contributed by atoms with van der Waals surface area (Å²) in [7, 11) is 0. The Kier molecular flexibility index (Phi) is 3.89. The number of aromatic nitrogens is 1. The Bertz CT molecular complexity index is 557. The summed E-state index contributed by atoms with van der Waals surface area (Å²) in [6, 6.07) is 10.7. The van der Waals surface area contributed by atoms with Crippen LogP contribution in [0.25, 0.3) is 0 Å². The lowest BCUT2D eigenvalue weighted by molar-refractivity contribution is -0.115. The van der Waals surface area contributed by atoms with Gasteiger partial charge in [0.05, 0.1) is 12.1 Å². The Labute approximate surface area is 109 Å². The first-order chi connectivity index (χ1) is 8.63. The molecule has 92 valence electrons. The summed E-state index contributed by atoms with van der Waals surface area (Å²) in [4.78, 5) is 15.7. The standard InChI is InChI=1S/C13H10ClFN2O/c14-12-3-1-2-11(16-12)8-13(18)17-10-6-4-9(15)5-7-10/h1-7H,8H2,(H,17,18). The van der Waals surface area contributed by atoms with E-state index in [1.165, 1.54) is 24.3 Å². The summed E-state index contributed by atoms with van der Waals surface area (Å²) in [6.45, 7) is 0. The quantitative estimate of drug-likeness (QED) is 0.866. The van der Waals surface area contributed by atoms with E-state index in [1.807, 2.05) is 0 Å². The highest BCUT2D eigenvalue weighted by Crippen LogP contribution is 2.10. The van der Waals surface area contributed by atoms with E-state index in [-0.39, 0.29) is 18.1 Å². The van der Waals surface area contributed by atoms with Crippen molar-refractivity contribution in [2.45, 2.75) is 6.42 Å². The van der Waals surface area contributed by atoms with Crippen molar-refractivity contribution in [1.82, 2.24) is 4.98 Å². The number of amides is 1. The average molecular weight is 265 g/mol. The zero-order chi connectivity index (χ0) is 13.0. The monoisotopic (exact) mass is 264 g/mol. The van der Waals surface area contributed by atoms with Crippen molar-refractivity contribution in [3.05, 3.63) is 59.1 Å². The Balaban J connectivity index is 1.98. The molecule has 0 unspecified atom stereocenters. The number of hydrogen-bond donors (Lipinski definition) is 1. The summed E-state index contributed by atoms with van der Waals surface area (Å²) in [5.74, 6) is -0.569. The fourth-order valence-corrected chi connectivity index (χ4v) is 1.63. The topological polar surface area (TPSA) is 42.0 Å². The molecule has 0 saturated carbocycles. The molecule has 0 aliphatic carbocycles. The fraction of sp³-hybridized carbons (Fsp3) is 0.0769. The van der Waals surface area contributed by atoms with E-state index in [4.69, 9.17) is 11.6 Å². The highest BCUT2D eigenvalue weighted by Gasteiger charge is 2.05. The minimum atomic E-state index is -0.343. The second kappa shape index (κ2) is 5.60. The summed E-state index contributed by atoms with van der Waals surface area (Å²) in [5.41, 5.74) is 1.13. The van der Waals surface area contributed by atoms with Gasteiger partial charge in [0.1, 0.15) is 11.0 Å². The van der Waals surface area contributed by atoms with Crippen molar-refractivity contribution in [2.75, 3.05) is 5.32 Å². The molecule has 18 heavy (non-hydrogen) atoms. The van der Waals surface area contributed by atoms with Crippen LogP contribution in [0.3, 0.4) is 0 Å². The third-order valence-electron chi connectivity index (χ3n) is 2.24. The van der Waals surface area contributed by atoms with Crippen molar-refractivity contribution in [3.63, 3.8) is 0 Å². The predicted octanol–water partition coefficient (Wildman–Crippen LogP) is 3.06. The molecule has 2 rings (SSSR count). The first-order valence-corrected chi connectivity index (χ1v) is 5.68. The molecule has 1 aromatic carbocycles. The molecule has 1 N–H and O–H groups in total. The van der Waals surface area contributed by atoms with Crippen molar-refractivity contribution >= 4 is 23.2 Å². The van der Waals surface area contributed by atoms with Crippen LogP contribution in [0, 0.1) is 5.82 Å². The first kappa shape index (κ1) is 12.5. The molecule has 1 amide bonds. The van der Waals surface area contributed by atoms with Crippen LogP contribution >= 0.6 is 11.6 Å². The highest BCUT2D eigenvalue weighted by molar-refractivity contribution is 6.29. The van der Waals surface area contributed by atoms with Gasteiger partial charge in [-0.2, -0.15) is 0 Å². The smallest absolute Gasteiger partial charge is 0.230 e. The lowest BCUT2D eigenvalue weighted by Crippen LogP contribution is -2.15. The van der Waals surface area contributed by atoms with Gasteiger partial charge >= 0.3 is 0 Å². The SMILES string of the molecule is O=C(Cc1cccc(Cl)n1)Nc1ccc(F)cc1. The van der Waals surface area contributed by atoms with Gasteiger partial charge in [0.25, 0.3) is 0 Å². The molecular weight excluding hydrogens is 255 g/mol. The van der Waals surface area contributed by atoms with E-state index in [0.717, 1.165) is 0 Å². The lowest BCUT2D eigenvalue weighted by atomic mass is 10.2. The summed E-state index contributed by atoms with van der Waals surface area (Å²) >= 11 is 5.72. The van der Waals surface area contributed by atoms with Crippen LogP contribution in [0.2, 0.25) is 5.15 Å². The van der Waals surface area contributed by atoms with Gasteiger partial charge in [-0.05, 0) is 36.4 Å². The number of carbonyl (C=O) groups is 1. The van der Waals surface area contributed by atoms with Gasteiger partial charge in [0.15, 0.2) is 0 Å². The second-order valence-corrected chi connectivity index (χ2v) is 4.07. The number of benzene rings is 1. The summed E-state index contributed by atoms with van der Waals surface area (Å²) < 4.78 is 12.7. The molecule has 2 aromatic rings. The van der Waals surface area contributed by atoms with Crippen LogP contribution < -0.4 is 5.32 Å². The number of nitrogens with zero attached hydrogens (tertiary/aromatic N) is 1. The van der Waals surface area contributed by atoms with Crippen LogP contribution in [0.15, 0.2) is 42.5 Å². The molecule has 0 fully saturated rings. The van der Waals surface area contributed by atoms with Gasteiger partial charge in [-0.1, -0.05) is 17.7 Å². The molecule has 0 aliphatic rings. The zero-order valence-corrected chi connectivity index (χ0v) is 10.1. The molecule has 0 spiro atoms. The number of nitrogens with one attached hydrogen (secondary N) is 1. The lowest BCUT2D eigenvalue weighted by Gasteiger charge is -2.04. The van der Waals surface area contributed by atoms with Crippen LogP contribution in [-0.2, 0) is 11.2 Å². The molecule has 1 aromatic heterocycles. The Morgan fingerprint density at radius 3 is 2.61 bits per heavy atom. The van der Waals surface area contributed by atoms with Gasteiger partial charge in [-0.3, -0.25) is 4.79 Å². The van der Waals surface area contributed by atoms with Gasteiger partial charge in [0, 0.05) is 5.69 Å². The number of halogens is 2. The van der Waals surface area contributed by atoms with E-state index in [2.05, 4.69) is 10.3 Å². The summed E-state index contributed by atoms with van der Waals surface area (Å²) in [5, 5.41) is 3.00. The normalized spacial score (nSPS) is 10.1. The molecule has 1 heterocycles. The molecule has 0 aliphatic heterocycles. The van der Waals surface area contributed by atoms with E-state index >= 15 is 0 Å². The Morgan fingerprint density at radius 1 is 1.22 bits per heavy atom. The number of hydrogen-bond acceptors (Lipinski definition) is 2. The van der Waals surface area contributed by atoms with Crippen LogP contribution in [0.5, 0.6) is 0 Å². The maximum atomic E-state index is 12.7. The first-order valence-electron chi connectivity index (χ1n) is 5.30. The van der Waals surface area contributed by atoms with Gasteiger partial charge in [-0.25, -0.2) is 9.37 Å². The van der Waals surface area contributed by atoms with E-state index in [0.29, 0.717) is 16.5 Å². The van der Waals surface area contributed by atoms with Gasteiger partial charge in [0.2, 0.25) is 5.91 Å². The molecule has 3 nitrogen and oxygen atoms in total. The maximum absolute atomic E-state index is 12.7. The number of rotatable bonds is 3. The highest BCUT2D eigenvalue weighted by atomic mass is 35.5. The molecule has 0 atom stereocenters. The zero-order valence-electron chi connectivity index (χ0n) is 9.36. The maximum Gasteiger partial charge on any atom is 0.230 e. The summed E-state index contributed by atoms with van der Waals surface area (Å²) in [6.07, 6.45) is 0.123. The second-order valence-electron chi connectivity index (χ2n) is 3.68. The third kappa shape index (κ3) is 3.53. The van der Waals surface area contributed by atoms with E-state index in [1.54, 1.807) is 18.2 Å². The van der Waals surface area contributed by atoms with Gasteiger partial charge < -0.3 is 5.32 Å². The molecule has 5 heteroatoms. The molecule has 0 bridgehead atoms. The van der Waals surface area contributed by atoms with Gasteiger partial charge in [-0.15, -0.1) is 0 Å². The minimum Gasteiger partial charge on any atom is -0.326 e. The molecule has 0 radical (unpaired) electrons. The number of pyridine rings is 1. The van der Waals surface area contributed by atoms with Crippen molar-refractivity contribution in [3.8, 4) is 0 Å². The van der Waals surface area contributed by atoms with Crippen molar-refractivity contribution < 1.29 is 9.18 Å². The largest absolute Gasteiger partial charge is 0.326 e. The van der Waals surface area contributed by atoms with Crippen molar-refractivity contribution in [2.24, 2.45) is 0 Å². The minimum absolute atomic E-state index is 0.123. The van der Waals surface area contributed by atoms with E-state index < -0.39 is 0 Å². The van der Waals surface area contributed by atoms with Crippen LogP contribution in [0.4, 0.5) is 10.1 Å². The fourth-order valence-electron chi connectivity index (χ4n) is 1.45. The van der Waals surface area contributed by atoms with E-state index in [9.17, 15) is 9.18 Å².